The minimum absolute atomic E-state index is 0.0148. The molecule has 0 radical (unpaired) electrons. The zero-order chi connectivity index (χ0) is 22.6. The molecular weight excluding hydrogens is 394 g/mol. The lowest BCUT2D eigenvalue weighted by atomic mass is 10.1. The van der Waals surface area contributed by atoms with Gasteiger partial charge in [0.1, 0.15) is 0 Å². The van der Waals surface area contributed by atoms with E-state index in [1.54, 1.807) is 6.08 Å². The molecule has 2 amide bonds. The lowest BCUT2D eigenvalue weighted by molar-refractivity contribution is -0.133. The molecule has 7 nitrogen and oxygen atoms in total. The smallest absolute Gasteiger partial charge is 0.246 e. The van der Waals surface area contributed by atoms with E-state index < -0.39 is 0 Å². The number of benzene rings is 1. The van der Waals surface area contributed by atoms with Crippen LogP contribution in [0.4, 0.5) is 0 Å². The fourth-order valence-corrected chi connectivity index (χ4v) is 3.49. The van der Waals surface area contributed by atoms with Gasteiger partial charge in [-0.1, -0.05) is 13.0 Å². The molecule has 0 bridgehead atoms. The quantitative estimate of drug-likeness (QED) is 0.504. The minimum Gasteiger partial charge on any atom is -0.490 e. The Kier molecular flexibility index (Phi) is 10.4. The third kappa shape index (κ3) is 7.58. The molecule has 2 rings (SSSR count). The lowest BCUT2D eigenvalue weighted by Crippen LogP contribution is -2.51. The molecule has 1 saturated heterocycles. The second-order valence-electron chi connectivity index (χ2n) is 7.49. The van der Waals surface area contributed by atoms with Crippen LogP contribution in [-0.4, -0.2) is 85.5 Å². The zero-order valence-corrected chi connectivity index (χ0v) is 19.4. The lowest BCUT2D eigenvalue weighted by Gasteiger charge is -2.34. The fraction of sp³-hybridized carbons (Fsp3) is 0.583. The maximum atomic E-state index is 12.6. The van der Waals surface area contributed by atoms with Crippen molar-refractivity contribution in [3.8, 4) is 11.5 Å². The summed E-state index contributed by atoms with van der Waals surface area (Å²) >= 11 is 0. The number of piperazine rings is 1. The molecule has 1 aliphatic rings. The minimum atomic E-state index is -0.0148. The van der Waals surface area contributed by atoms with Gasteiger partial charge in [0.05, 0.1) is 19.8 Å². The van der Waals surface area contributed by atoms with E-state index in [1.807, 2.05) is 54.8 Å². The van der Waals surface area contributed by atoms with Crippen LogP contribution >= 0.6 is 0 Å². The van der Waals surface area contributed by atoms with Crippen LogP contribution in [0, 0.1) is 0 Å². The molecule has 1 aliphatic heterocycles. The van der Waals surface area contributed by atoms with E-state index in [0.717, 1.165) is 30.8 Å². The molecule has 0 N–H and O–H groups in total. The highest BCUT2D eigenvalue weighted by Gasteiger charge is 2.22. The molecule has 31 heavy (non-hydrogen) atoms. The van der Waals surface area contributed by atoms with Crippen LogP contribution in [0.25, 0.3) is 6.08 Å². The number of hydrogen-bond acceptors (Lipinski definition) is 5. The summed E-state index contributed by atoms with van der Waals surface area (Å²) < 4.78 is 11.4. The summed E-state index contributed by atoms with van der Waals surface area (Å²) in [5, 5.41) is 0. The first-order valence-corrected chi connectivity index (χ1v) is 11.4. The van der Waals surface area contributed by atoms with Crippen molar-refractivity contribution in [2.75, 3.05) is 59.0 Å². The standard InChI is InChI=1S/C24H37N3O4/c1-5-17-31-21-11-9-20(18-22(21)30-8-4)10-12-23(28)27-15-13-25(14-16-27)19-24(29)26(6-2)7-3/h9-12,18H,5-8,13-17,19H2,1-4H3/b12-10+. The van der Waals surface area contributed by atoms with Crippen LogP contribution in [0.3, 0.4) is 0 Å². The number of hydrogen-bond donors (Lipinski definition) is 0. The first-order valence-electron chi connectivity index (χ1n) is 11.4. The number of ether oxygens (including phenoxy) is 2. The highest BCUT2D eigenvalue weighted by atomic mass is 16.5. The van der Waals surface area contributed by atoms with Crippen molar-refractivity contribution in [1.29, 1.82) is 0 Å². The Morgan fingerprint density at radius 1 is 1.00 bits per heavy atom. The van der Waals surface area contributed by atoms with Crippen LogP contribution in [0.5, 0.6) is 11.5 Å². The Morgan fingerprint density at radius 3 is 2.32 bits per heavy atom. The van der Waals surface area contributed by atoms with E-state index in [1.165, 1.54) is 0 Å². The molecule has 7 heteroatoms. The number of carbonyl (C=O) groups excluding carboxylic acids is 2. The van der Waals surface area contributed by atoms with Gasteiger partial charge < -0.3 is 19.3 Å². The van der Waals surface area contributed by atoms with Gasteiger partial charge in [0, 0.05) is 45.3 Å². The van der Waals surface area contributed by atoms with Gasteiger partial charge in [-0.25, -0.2) is 0 Å². The summed E-state index contributed by atoms with van der Waals surface area (Å²) in [4.78, 5) is 30.7. The number of amides is 2. The van der Waals surface area contributed by atoms with Gasteiger partial charge in [0.2, 0.25) is 11.8 Å². The maximum absolute atomic E-state index is 12.6. The Balaban J connectivity index is 1.89. The molecule has 0 aliphatic carbocycles. The number of likely N-dealkylation sites (N-methyl/N-ethyl adjacent to an activating group) is 1. The Morgan fingerprint density at radius 2 is 1.71 bits per heavy atom. The van der Waals surface area contributed by atoms with E-state index in [0.29, 0.717) is 51.7 Å². The maximum Gasteiger partial charge on any atom is 0.246 e. The van der Waals surface area contributed by atoms with Crippen molar-refractivity contribution in [2.24, 2.45) is 0 Å². The van der Waals surface area contributed by atoms with Crippen LogP contribution in [-0.2, 0) is 9.59 Å². The zero-order valence-electron chi connectivity index (χ0n) is 19.4. The van der Waals surface area contributed by atoms with Crippen molar-refractivity contribution in [2.45, 2.75) is 34.1 Å². The summed E-state index contributed by atoms with van der Waals surface area (Å²) in [7, 11) is 0. The van der Waals surface area contributed by atoms with Crippen molar-refractivity contribution in [3.05, 3.63) is 29.8 Å². The van der Waals surface area contributed by atoms with Gasteiger partial charge in [-0.05, 0) is 51.0 Å². The first kappa shape index (κ1) is 24.7. The second kappa shape index (κ2) is 13.0. The first-order chi connectivity index (χ1) is 15.0. The monoisotopic (exact) mass is 431 g/mol. The van der Waals surface area contributed by atoms with Gasteiger partial charge in [0.25, 0.3) is 0 Å². The molecule has 172 valence electrons. The van der Waals surface area contributed by atoms with Crippen LogP contribution < -0.4 is 9.47 Å². The number of rotatable bonds is 11. The SMILES string of the molecule is CCCOc1ccc(/C=C/C(=O)N2CCN(CC(=O)N(CC)CC)CC2)cc1OCC. The van der Waals surface area contributed by atoms with Crippen molar-refractivity contribution >= 4 is 17.9 Å². The van der Waals surface area contributed by atoms with Gasteiger partial charge in [-0.15, -0.1) is 0 Å². The van der Waals surface area contributed by atoms with Crippen molar-refractivity contribution in [1.82, 2.24) is 14.7 Å². The summed E-state index contributed by atoms with van der Waals surface area (Å²) in [6.07, 6.45) is 4.34. The van der Waals surface area contributed by atoms with Gasteiger partial charge >= 0.3 is 0 Å². The Bertz CT molecular complexity index is 738. The summed E-state index contributed by atoms with van der Waals surface area (Å²) in [6.45, 7) is 13.7. The van der Waals surface area contributed by atoms with Crippen LogP contribution in [0.1, 0.15) is 39.7 Å². The predicted octanol–water partition coefficient (Wildman–Crippen LogP) is 2.90. The van der Waals surface area contributed by atoms with E-state index in [4.69, 9.17) is 9.47 Å². The van der Waals surface area contributed by atoms with E-state index in [9.17, 15) is 9.59 Å². The molecule has 0 saturated carbocycles. The fourth-order valence-electron chi connectivity index (χ4n) is 3.49. The van der Waals surface area contributed by atoms with Crippen molar-refractivity contribution < 1.29 is 19.1 Å². The summed E-state index contributed by atoms with van der Waals surface area (Å²) in [6, 6.07) is 5.71. The molecule has 0 aromatic heterocycles. The molecule has 1 aromatic carbocycles. The normalized spacial score (nSPS) is 14.6. The second-order valence-corrected chi connectivity index (χ2v) is 7.49. The van der Waals surface area contributed by atoms with E-state index in [-0.39, 0.29) is 11.8 Å². The van der Waals surface area contributed by atoms with Crippen molar-refractivity contribution in [3.63, 3.8) is 0 Å². The van der Waals surface area contributed by atoms with Gasteiger partial charge in [0.15, 0.2) is 11.5 Å². The number of carbonyl (C=O) groups is 2. The van der Waals surface area contributed by atoms with E-state index in [2.05, 4.69) is 11.8 Å². The van der Waals surface area contributed by atoms with Crippen LogP contribution in [0.15, 0.2) is 24.3 Å². The molecule has 0 atom stereocenters. The highest BCUT2D eigenvalue weighted by molar-refractivity contribution is 5.92. The molecule has 0 unspecified atom stereocenters. The summed E-state index contributed by atoms with van der Waals surface area (Å²) in [5.74, 6) is 1.56. The third-order valence-corrected chi connectivity index (χ3v) is 5.31. The molecule has 0 spiro atoms. The molecule has 1 fully saturated rings. The summed E-state index contributed by atoms with van der Waals surface area (Å²) in [5.41, 5.74) is 0.893. The van der Waals surface area contributed by atoms with Gasteiger partial charge in [-0.2, -0.15) is 0 Å². The average molecular weight is 432 g/mol. The molecule has 1 aromatic rings. The van der Waals surface area contributed by atoms with E-state index >= 15 is 0 Å². The average Bonchev–Trinajstić information content (AvgIpc) is 2.78. The largest absolute Gasteiger partial charge is 0.490 e. The topological polar surface area (TPSA) is 62.3 Å². The number of nitrogens with zero attached hydrogens (tertiary/aromatic N) is 3. The highest BCUT2D eigenvalue weighted by Crippen LogP contribution is 2.29. The third-order valence-electron chi connectivity index (χ3n) is 5.31. The Labute approximate surface area is 186 Å². The molecule has 1 heterocycles. The predicted molar refractivity (Wildman–Crippen MR) is 123 cm³/mol. The molecular formula is C24H37N3O4. The Hall–Kier alpha value is -2.54. The van der Waals surface area contributed by atoms with Gasteiger partial charge in [-0.3, -0.25) is 14.5 Å². The van der Waals surface area contributed by atoms with Crippen LogP contribution in [0.2, 0.25) is 0 Å².